The van der Waals surface area contributed by atoms with E-state index in [-0.39, 0.29) is 30.0 Å². The highest BCUT2D eigenvalue weighted by Crippen LogP contribution is 2.29. The number of hydrogen-bond donors (Lipinski definition) is 1. The van der Waals surface area contributed by atoms with Crippen LogP contribution >= 0.6 is 15.9 Å². The predicted molar refractivity (Wildman–Crippen MR) is 124 cm³/mol. The molecular formula is C19H26BrN5O7S. The average Bonchev–Trinajstić information content (AvgIpc) is 2.77. The Balaban J connectivity index is 2.26. The molecule has 0 aliphatic carbocycles. The van der Waals surface area contributed by atoms with Crippen LogP contribution in [-0.2, 0) is 19.0 Å². The predicted octanol–water partition coefficient (Wildman–Crippen LogP) is 0.706. The molecule has 182 valence electrons. The number of nitro benzene ring substituents is 1. The molecule has 0 unspecified atom stereocenters. The van der Waals surface area contributed by atoms with Crippen LogP contribution in [-0.4, -0.2) is 94.8 Å². The van der Waals surface area contributed by atoms with E-state index in [2.05, 4.69) is 26.1 Å². The zero-order chi connectivity index (χ0) is 24.4. The van der Waals surface area contributed by atoms with Crippen LogP contribution < -0.4 is 10.2 Å². The second kappa shape index (κ2) is 12.8. The number of anilines is 1. The number of nitriles is 1. The summed E-state index contributed by atoms with van der Waals surface area (Å²) in [6, 6.07) is 4.27. The van der Waals surface area contributed by atoms with Crippen LogP contribution in [0.3, 0.4) is 0 Å². The Morgan fingerprint density at radius 1 is 1.39 bits per heavy atom. The lowest BCUT2D eigenvalue weighted by atomic mass is 10.0. The Morgan fingerprint density at radius 2 is 2.09 bits per heavy atom. The first-order valence-electron chi connectivity index (χ1n) is 10.1. The Morgan fingerprint density at radius 3 is 2.67 bits per heavy atom. The van der Waals surface area contributed by atoms with Crippen LogP contribution in [0.5, 0.6) is 0 Å². The Bertz CT molecular complexity index is 993. The topological polar surface area (TPSA) is 155 Å². The molecule has 1 N–H and O–H groups in total. The Kier molecular flexibility index (Phi) is 10.5. The molecule has 2 rings (SSSR count). The van der Waals surface area contributed by atoms with Gasteiger partial charge in [-0.15, -0.1) is 0 Å². The fraction of sp³-hybridized carbons (Fsp3) is 0.579. The largest absolute Gasteiger partial charge is 0.379 e. The zero-order valence-corrected chi connectivity index (χ0v) is 20.6. The third-order valence-electron chi connectivity index (χ3n) is 4.85. The highest BCUT2D eigenvalue weighted by Gasteiger charge is 2.26. The van der Waals surface area contributed by atoms with E-state index in [0.29, 0.717) is 38.2 Å². The van der Waals surface area contributed by atoms with Crippen molar-refractivity contribution < 1.29 is 27.1 Å². The van der Waals surface area contributed by atoms with Crippen LogP contribution in [0.15, 0.2) is 12.1 Å². The van der Waals surface area contributed by atoms with Gasteiger partial charge in [-0.25, -0.2) is 0 Å². The quantitative estimate of drug-likeness (QED) is 0.171. The highest BCUT2D eigenvalue weighted by atomic mass is 79.9. The van der Waals surface area contributed by atoms with E-state index in [0.717, 1.165) is 25.4 Å². The molecule has 0 spiro atoms. The van der Waals surface area contributed by atoms with Crippen molar-refractivity contribution in [3.05, 3.63) is 33.4 Å². The number of nitrogens with zero attached hydrogens (tertiary/aromatic N) is 4. The number of morpholine rings is 1. The average molecular weight is 548 g/mol. The van der Waals surface area contributed by atoms with Crippen LogP contribution in [0.1, 0.15) is 15.9 Å². The number of carbonyl (C=O) groups excluding carboxylic acids is 1. The van der Waals surface area contributed by atoms with Gasteiger partial charge >= 0.3 is 0 Å². The third kappa shape index (κ3) is 8.52. The number of amides is 1. The number of benzene rings is 1. The molecule has 0 bridgehead atoms. The summed E-state index contributed by atoms with van der Waals surface area (Å²) in [5.41, 5.74) is -0.394. The number of nitrogens with one attached hydrogen (secondary N) is 1. The van der Waals surface area contributed by atoms with E-state index < -0.39 is 26.6 Å². The van der Waals surface area contributed by atoms with Gasteiger partial charge in [-0.1, -0.05) is 15.9 Å². The molecule has 1 aromatic rings. The number of alkyl halides is 1. The van der Waals surface area contributed by atoms with E-state index in [1.807, 2.05) is 6.07 Å². The molecular weight excluding hydrogens is 522 g/mol. The molecule has 1 heterocycles. The molecule has 0 atom stereocenters. The number of halogens is 1. The first-order valence-corrected chi connectivity index (χ1v) is 13.1. The van der Waals surface area contributed by atoms with Gasteiger partial charge in [0.05, 0.1) is 42.3 Å². The van der Waals surface area contributed by atoms with E-state index in [9.17, 15) is 28.6 Å². The number of nitro groups is 1. The summed E-state index contributed by atoms with van der Waals surface area (Å²) in [4.78, 5) is 27.4. The van der Waals surface area contributed by atoms with Crippen molar-refractivity contribution in [3.63, 3.8) is 0 Å². The summed E-state index contributed by atoms with van der Waals surface area (Å²) in [6.45, 7) is 3.83. The van der Waals surface area contributed by atoms with Gasteiger partial charge < -0.3 is 15.0 Å². The van der Waals surface area contributed by atoms with Crippen LogP contribution in [0, 0.1) is 21.4 Å². The van der Waals surface area contributed by atoms with Crippen molar-refractivity contribution in [3.8, 4) is 6.07 Å². The second-order valence-corrected chi connectivity index (χ2v) is 9.60. The van der Waals surface area contributed by atoms with Gasteiger partial charge in [0.15, 0.2) is 0 Å². The second-order valence-electron chi connectivity index (χ2n) is 7.17. The van der Waals surface area contributed by atoms with Crippen LogP contribution in [0.2, 0.25) is 0 Å². The normalized spacial score (nSPS) is 14.5. The smallest absolute Gasteiger partial charge is 0.283 e. The first-order chi connectivity index (χ1) is 15.7. The summed E-state index contributed by atoms with van der Waals surface area (Å²) in [7, 11) is -3.66. The van der Waals surface area contributed by atoms with Gasteiger partial charge in [0, 0.05) is 50.7 Å². The molecule has 12 nitrogen and oxygen atoms in total. The van der Waals surface area contributed by atoms with Crippen LogP contribution in [0.4, 0.5) is 11.4 Å². The Hall–Kier alpha value is -2.31. The standard InChI is InChI=1S/C19H26BrN5O7S/c1-33(29,30)32-11-8-24(4-2-20)17-13-16(18(25(27)28)12-15(17)14-21)19(26)22-3-5-23-6-9-31-10-7-23/h12-13H,2-11H2,1H3,(H,22,26). The number of rotatable bonds is 12. The fourth-order valence-electron chi connectivity index (χ4n) is 3.26. The fourth-order valence-corrected chi connectivity index (χ4v) is 4.07. The molecule has 1 saturated heterocycles. The van der Waals surface area contributed by atoms with Crippen LogP contribution in [0.25, 0.3) is 0 Å². The summed E-state index contributed by atoms with van der Waals surface area (Å²) in [6.07, 6.45) is 0.924. The van der Waals surface area contributed by atoms with Gasteiger partial charge in [-0.05, 0) is 6.07 Å². The molecule has 33 heavy (non-hydrogen) atoms. The van der Waals surface area contributed by atoms with Gasteiger partial charge in [0.2, 0.25) is 0 Å². The highest BCUT2D eigenvalue weighted by molar-refractivity contribution is 9.09. The Labute approximate surface area is 200 Å². The zero-order valence-electron chi connectivity index (χ0n) is 18.2. The van der Waals surface area contributed by atoms with Gasteiger partial charge in [-0.2, -0.15) is 13.7 Å². The minimum atomic E-state index is -3.66. The maximum absolute atomic E-state index is 12.8. The summed E-state index contributed by atoms with van der Waals surface area (Å²) >= 11 is 3.30. The minimum absolute atomic E-state index is 0.00753. The van der Waals surface area contributed by atoms with E-state index in [4.69, 9.17) is 8.92 Å². The van der Waals surface area contributed by atoms with Crippen molar-refractivity contribution in [2.75, 3.05) is 75.6 Å². The SMILES string of the molecule is CS(=O)(=O)OCCN(CCBr)c1cc(C(=O)NCCN2CCOCC2)c([N+](=O)[O-])cc1C#N. The molecule has 14 heteroatoms. The lowest BCUT2D eigenvalue weighted by Crippen LogP contribution is -2.41. The van der Waals surface area contributed by atoms with E-state index in [1.165, 1.54) is 6.07 Å². The minimum Gasteiger partial charge on any atom is -0.379 e. The summed E-state index contributed by atoms with van der Waals surface area (Å²) in [5.74, 6) is -0.633. The van der Waals surface area contributed by atoms with Gasteiger partial charge in [-0.3, -0.25) is 24.0 Å². The van der Waals surface area contributed by atoms with Gasteiger partial charge in [0.1, 0.15) is 11.6 Å². The van der Waals surface area contributed by atoms with Crippen molar-refractivity contribution in [1.82, 2.24) is 10.2 Å². The number of carbonyl (C=O) groups is 1. The maximum atomic E-state index is 12.8. The van der Waals surface area contributed by atoms with Crippen molar-refractivity contribution in [2.24, 2.45) is 0 Å². The maximum Gasteiger partial charge on any atom is 0.283 e. The van der Waals surface area contributed by atoms with Crippen molar-refractivity contribution in [1.29, 1.82) is 5.26 Å². The molecule has 1 fully saturated rings. The lowest BCUT2D eigenvalue weighted by molar-refractivity contribution is -0.385. The number of hydrogen-bond acceptors (Lipinski definition) is 10. The molecule has 1 amide bonds. The third-order valence-corrected chi connectivity index (χ3v) is 5.80. The summed E-state index contributed by atoms with van der Waals surface area (Å²) in [5, 5.41) is 24.3. The molecule has 0 aromatic heterocycles. The monoisotopic (exact) mass is 547 g/mol. The molecule has 1 aliphatic rings. The molecule has 0 radical (unpaired) electrons. The molecule has 1 aliphatic heterocycles. The molecule has 1 aromatic carbocycles. The van der Waals surface area contributed by atoms with Gasteiger partial charge in [0.25, 0.3) is 21.7 Å². The lowest BCUT2D eigenvalue weighted by Gasteiger charge is -2.26. The number of ether oxygens (including phenoxy) is 1. The molecule has 0 saturated carbocycles. The van der Waals surface area contributed by atoms with Crippen molar-refractivity contribution in [2.45, 2.75) is 0 Å². The summed E-state index contributed by atoms with van der Waals surface area (Å²) < 4.78 is 32.6. The van der Waals surface area contributed by atoms with E-state index >= 15 is 0 Å². The van der Waals surface area contributed by atoms with E-state index in [1.54, 1.807) is 4.90 Å². The first kappa shape index (κ1) is 26.9. The van der Waals surface area contributed by atoms with Crippen molar-refractivity contribution >= 4 is 43.3 Å².